The van der Waals surface area contributed by atoms with Crippen LogP contribution in [0.4, 0.5) is 5.69 Å². The standard InChI is InChI=1S/C14H24N4O/c1-5-18(8-6-7-17(3)4)14(19)12-10-16-11(2)9-13(12)15/h9-10H,5-8H2,1-4H3,(H2,15,16). The van der Waals surface area contributed by atoms with Crippen molar-refractivity contribution in [2.75, 3.05) is 39.5 Å². The molecule has 1 amide bonds. The van der Waals surface area contributed by atoms with Crippen LogP contribution in [0.15, 0.2) is 12.3 Å². The van der Waals surface area contributed by atoms with Gasteiger partial charge in [0.25, 0.3) is 5.91 Å². The van der Waals surface area contributed by atoms with Gasteiger partial charge in [-0.1, -0.05) is 0 Å². The summed E-state index contributed by atoms with van der Waals surface area (Å²) in [5.41, 5.74) is 7.72. The van der Waals surface area contributed by atoms with Crippen LogP contribution in [0.3, 0.4) is 0 Å². The van der Waals surface area contributed by atoms with Gasteiger partial charge in [-0.2, -0.15) is 0 Å². The second-order valence-corrected chi connectivity index (χ2v) is 4.95. The number of hydrogen-bond acceptors (Lipinski definition) is 4. The Morgan fingerprint density at radius 2 is 2.05 bits per heavy atom. The molecule has 0 aliphatic rings. The summed E-state index contributed by atoms with van der Waals surface area (Å²) in [6.07, 6.45) is 2.52. The molecule has 0 radical (unpaired) electrons. The molecule has 0 atom stereocenters. The molecule has 5 nitrogen and oxygen atoms in total. The Bertz CT molecular complexity index is 431. The van der Waals surface area contributed by atoms with Gasteiger partial charge in [0, 0.05) is 30.7 Å². The molecular weight excluding hydrogens is 240 g/mol. The van der Waals surface area contributed by atoms with Crippen LogP contribution in [0.25, 0.3) is 0 Å². The van der Waals surface area contributed by atoms with Crippen LogP contribution in [-0.2, 0) is 0 Å². The van der Waals surface area contributed by atoms with Crippen LogP contribution in [0.5, 0.6) is 0 Å². The monoisotopic (exact) mass is 264 g/mol. The first-order valence-electron chi connectivity index (χ1n) is 6.61. The van der Waals surface area contributed by atoms with Crippen molar-refractivity contribution in [1.29, 1.82) is 0 Å². The summed E-state index contributed by atoms with van der Waals surface area (Å²) in [6, 6.07) is 1.74. The largest absolute Gasteiger partial charge is 0.398 e. The molecule has 0 aromatic carbocycles. The van der Waals surface area contributed by atoms with Crippen molar-refractivity contribution < 1.29 is 4.79 Å². The number of carbonyl (C=O) groups excluding carboxylic acids is 1. The number of aryl methyl sites for hydroxylation is 1. The van der Waals surface area contributed by atoms with Gasteiger partial charge in [-0.05, 0) is 47.0 Å². The molecule has 1 rings (SSSR count). The van der Waals surface area contributed by atoms with Crippen LogP contribution >= 0.6 is 0 Å². The molecule has 1 heterocycles. The molecule has 19 heavy (non-hydrogen) atoms. The van der Waals surface area contributed by atoms with Gasteiger partial charge in [-0.15, -0.1) is 0 Å². The highest BCUT2D eigenvalue weighted by atomic mass is 16.2. The van der Waals surface area contributed by atoms with E-state index in [9.17, 15) is 4.79 Å². The fraction of sp³-hybridized carbons (Fsp3) is 0.571. The summed E-state index contributed by atoms with van der Waals surface area (Å²) in [7, 11) is 4.06. The predicted octanol–water partition coefficient (Wildman–Crippen LogP) is 1.39. The normalized spacial score (nSPS) is 10.8. The molecule has 2 N–H and O–H groups in total. The highest BCUT2D eigenvalue weighted by Crippen LogP contribution is 2.14. The Labute approximate surface area is 115 Å². The van der Waals surface area contributed by atoms with Crippen LogP contribution in [0.2, 0.25) is 0 Å². The Balaban J connectivity index is 2.72. The average Bonchev–Trinajstić information content (AvgIpc) is 2.33. The van der Waals surface area contributed by atoms with E-state index in [1.165, 1.54) is 0 Å². The minimum atomic E-state index is -0.0359. The van der Waals surface area contributed by atoms with Crippen molar-refractivity contribution in [3.63, 3.8) is 0 Å². The third-order valence-electron chi connectivity index (χ3n) is 3.01. The van der Waals surface area contributed by atoms with Crippen molar-refractivity contribution in [3.8, 4) is 0 Å². The number of hydrogen-bond donors (Lipinski definition) is 1. The van der Waals surface area contributed by atoms with Crippen molar-refractivity contribution in [1.82, 2.24) is 14.8 Å². The molecule has 0 bridgehead atoms. The Kier molecular flexibility index (Phi) is 5.76. The molecule has 5 heteroatoms. The molecule has 0 aliphatic heterocycles. The molecule has 1 aromatic rings. The zero-order valence-corrected chi connectivity index (χ0v) is 12.3. The first-order valence-corrected chi connectivity index (χ1v) is 6.61. The smallest absolute Gasteiger partial charge is 0.257 e. The lowest BCUT2D eigenvalue weighted by Gasteiger charge is -2.22. The molecule has 106 valence electrons. The molecular formula is C14H24N4O. The SMILES string of the molecule is CCN(CCCN(C)C)C(=O)c1cnc(C)cc1N. The fourth-order valence-corrected chi connectivity index (χ4v) is 1.91. The number of nitrogens with two attached hydrogens (primary N) is 1. The number of rotatable bonds is 6. The lowest BCUT2D eigenvalue weighted by atomic mass is 10.2. The summed E-state index contributed by atoms with van der Waals surface area (Å²) in [4.78, 5) is 20.4. The van der Waals surface area contributed by atoms with E-state index in [0.29, 0.717) is 17.8 Å². The lowest BCUT2D eigenvalue weighted by molar-refractivity contribution is 0.0760. The van der Waals surface area contributed by atoms with E-state index in [0.717, 1.165) is 25.2 Å². The highest BCUT2D eigenvalue weighted by Gasteiger charge is 2.17. The number of aromatic nitrogens is 1. The summed E-state index contributed by atoms with van der Waals surface area (Å²) < 4.78 is 0. The maximum atomic E-state index is 12.4. The second-order valence-electron chi connectivity index (χ2n) is 4.95. The van der Waals surface area contributed by atoms with Gasteiger partial charge in [0.05, 0.1) is 5.56 Å². The number of carbonyl (C=O) groups is 1. The molecule has 0 saturated heterocycles. The molecule has 0 fully saturated rings. The second kappa shape index (κ2) is 7.09. The first kappa shape index (κ1) is 15.4. The van der Waals surface area contributed by atoms with Crippen LogP contribution < -0.4 is 5.73 Å². The van der Waals surface area contributed by atoms with Gasteiger partial charge in [0.2, 0.25) is 0 Å². The Morgan fingerprint density at radius 3 is 2.58 bits per heavy atom. The van der Waals surface area contributed by atoms with Gasteiger partial charge in [0.1, 0.15) is 0 Å². The van der Waals surface area contributed by atoms with E-state index in [1.54, 1.807) is 12.3 Å². The van der Waals surface area contributed by atoms with Gasteiger partial charge >= 0.3 is 0 Å². The third-order valence-corrected chi connectivity index (χ3v) is 3.01. The van der Waals surface area contributed by atoms with Gasteiger partial charge in [-0.25, -0.2) is 0 Å². The van der Waals surface area contributed by atoms with Gasteiger partial charge in [0.15, 0.2) is 0 Å². The van der Waals surface area contributed by atoms with Crippen LogP contribution in [0, 0.1) is 6.92 Å². The highest BCUT2D eigenvalue weighted by molar-refractivity contribution is 5.98. The van der Waals surface area contributed by atoms with E-state index in [1.807, 2.05) is 32.8 Å². The predicted molar refractivity (Wildman–Crippen MR) is 78.1 cm³/mol. The van der Waals surface area contributed by atoms with Crippen LogP contribution in [0.1, 0.15) is 29.4 Å². The average molecular weight is 264 g/mol. The third kappa shape index (κ3) is 4.52. The topological polar surface area (TPSA) is 62.5 Å². The number of nitrogen functional groups attached to an aromatic ring is 1. The number of amides is 1. The zero-order valence-electron chi connectivity index (χ0n) is 12.3. The van der Waals surface area contributed by atoms with E-state index >= 15 is 0 Å². The summed E-state index contributed by atoms with van der Waals surface area (Å²) in [6.45, 7) is 6.22. The van der Waals surface area contributed by atoms with E-state index < -0.39 is 0 Å². The maximum Gasteiger partial charge on any atom is 0.257 e. The van der Waals surface area contributed by atoms with Crippen molar-refractivity contribution in [3.05, 3.63) is 23.5 Å². The van der Waals surface area contributed by atoms with E-state index in [2.05, 4.69) is 9.88 Å². The first-order chi connectivity index (χ1) is 8.95. The summed E-state index contributed by atoms with van der Waals surface area (Å²) >= 11 is 0. The summed E-state index contributed by atoms with van der Waals surface area (Å²) in [5.74, 6) is -0.0359. The molecule has 0 aliphatic carbocycles. The maximum absolute atomic E-state index is 12.4. The van der Waals surface area contributed by atoms with Crippen molar-refractivity contribution >= 4 is 11.6 Å². The van der Waals surface area contributed by atoms with Gasteiger partial charge < -0.3 is 15.5 Å². The van der Waals surface area contributed by atoms with Crippen molar-refractivity contribution in [2.45, 2.75) is 20.3 Å². The van der Waals surface area contributed by atoms with Gasteiger partial charge in [-0.3, -0.25) is 9.78 Å². The number of anilines is 1. The molecule has 1 aromatic heterocycles. The molecule has 0 unspecified atom stereocenters. The lowest BCUT2D eigenvalue weighted by Crippen LogP contribution is -2.33. The number of nitrogens with zero attached hydrogens (tertiary/aromatic N) is 3. The Morgan fingerprint density at radius 1 is 1.37 bits per heavy atom. The molecule has 0 saturated carbocycles. The minimum Gasteiger partial charge on any atom is -0.398 e. The van der Waals surface area contributed by atoms with Crippen LogP contribution in [-0.4, -0.2) is 54.4 Å². The quantitative estimate of drug-likeness (QED) is 0.843. The van der Waals surface area contributed by atoms with E-state index in [4.69, 9.17) is 5.73 Å². The summed E-state index contributed by atoms with van der Waals surface area (Å²) in [5, 5.41) is 0. The van der Waals surface area contributed by atoms with Crippen molar-refractivity contribution in [2.24, 2.45) is 0 Å². The van der Waals surface area contributed by atoms with E-state index in [-0.39, 0.29) is 5.91 Å². The minimum absolute atomic E-state index is 0.0359. The molecule has 0 spiro atoms. The Hall–Kier alpha value is -1.62. The number of pyridine rings is 1. The zero-order chi connectivity index (χ0) is 14.4. The fourth-order valence-electron chi connectivity index (χ4n) is 1.91.